The molecule has 2 aromatic rings. The topological polar surface area (TPSA) is 68.8 Å². The summed E-state index contributed by atoms with van der Waals surface area (Å²) < 4.78 is 41.4. The van der Waals surface area contributed by atoms with Crippen molar-refractivity contribution in [2.24, 2.45) is 0 Å². The van der Waals surface area contributed by atoms with E-state index in [1.165, 1.54) is 4.90 Å². The lowest BCUT2D eigenvalue weighted by Gasteiger charge is -2.35. The summed E-state index contributed by atoms with van der Waals surface area (Å²) in [4.78, 5) is 14.3. The molecule has 3 rings (SSSR count). The number of fused-ring (bicyclic) bond motifs is 1. The molecule has 0 N–H and O–H groups in total. The van der Waals surface area contributed by atoms with E-state index in [0.717, 1.165) is 10.3 Å². The van der Waals surface area contributed by atoms with Gasteiger partial charge in [-0.2, -0.15) is 18.3 Å². The number of rotatable bonds is 2. The average Bonchev–Trinajstić information content (AvgIpc) is 3.12. The summed E-state index contributed by atoms with van der Waals surface area (Å²) >= 11 is 0. The van der Waals surface area contributed by atoms with Crippen molar-refractivity contribution in [3.8, 4) is 0 Å². The average molecular weight is 342 g/mol. The summed E-state index contributed by atoms with van der Waals surface area (Å²) in [6.07, 6.45) is -2.96. The quantitative estimate of drug-likeness (QED) is 0.837. The molecule has 0 fully saturated rings. The van der Waals surface area contributed by atoms with Crippen LogP contribution in [-0.2, 0) is 17.5 Å². The predicted octanol–water partition coefficient (Wildman–Crippen LogP) is 1.97. The highest BCUT2D eigenvalue weighted by Gasteiger charge is 2.42. The van der Waals surface area contributed by atoms with Crippen LogP contribution in [0.5, 0.6) is 0 Å². The van der Waals surface area contributed by atoms with E-state index in [1.54, 1.807) is 30.8 Å². The minimum atomic E-state index is -4.56. The molecular weight excluding hydrogens is 325 g/mol. The van der Waals surface area contributed by atoms with Crippen LogP contribution in [0.4, 0.5) is 13.2 Å². The first kappa shape index (κ1) is 16.5. The Morgan fingerprint density at radius 1 is 1.33 bits per heavy atom. The molecule has 130 valence electrons. The standard InChI is InChI=1S/C14H17F3N6O/c1-8-4-5-18-23(8)10(3)12(24)21-6-7-22-11(9(21)2)19-20-13(22)14(15,16)17/h4-5,9-10H,6-7H2,1-3H3. The number of aryl methyl sites for hydroxylation is 1. The number of carbonyl (C=O) groups excluding carboxylic acids is 1. The monoisotopic (exact) mass is 342 g/mol. The van der Waals surface area contributed by atoms with E-state index < -0.39 is 24.1 Å². The molecule has 0 saturated heterocycles. The summed E-state index contributed by atoms with van der Waals surface area (Å²) in [6, 6.07) is 0.655. The molecule has 0 aliphatic carbocycles. The molecule has 0 aromatic carbocycles. The molecule has 7 nitrogen and oxygen atoms in total. The Kier molecular flexibility index (Phi) is 3.84. The fraction of sp³-hybridized carbons (Fsp3) is 0.571. The maximum atomic E-state index is 12.9. The Balaban J connectivity index is 1.86. The van der Waals surface area contributed by atoms with Crippen LogP contribution in [0.15, 0.2) is 12.3 Å². The Hall–Kier alpha value is -2.39. The number of nitrogens with zero attached hydrogens (tertiary/aromatic N) is 6. The highest BCUT2D eigenvalue weighted by atomic mass is 19.4. The van der Waals surface area contributed by atoms with Crippen molar-refractivity contribution in [1.29, 1.82) is 0 Å². The summed E-state index contributed by atoms with van der Waals surface area (Å²) in [5, 5.41) is 11.0. The number of amides is 1. The lowest BCUT2D eigenvalue weighted by atomic mass is 10.1. The SMILES string of the molecule is Cc1ccnn1C(C)C(=O)N1CCn2c(nnc2C(F)(F)F)C1C. The highest BCUT2D eigenvalue weighted by molar-refractivity contribution is 5.80. The summed E-state index contributed by atoms with van der Waals surface area (Å²) in [5.74, 6) is -1.09. The number of alkyl halides is 3. The van der Waals surface area contributed by atoms with Crippen molar-refractivity contribution in [2.45, 2.75) is 45.6 Å². The smallest absolute Gasteiger partial charge is 0.329 e. The molecule has 1 aliphatic heterocycles. The van der Waals surface area contributed by atoms with E-state index >= 15 is 0 Å². The third kappa shape index (κ3) is 2.55. The minimum Gasteiger partial charge on any atom is -0.329 e. The molecule has 2 unspecified atom stereocenters. The van der Waals surface area contributed by atoms with E-state index in [0.29, 0.717) is 0 Å². The van der Waals surface area contributed by atoms with Gasteiger partial charge in [0.2, 0.25) is 11.7 Å². The van der Waals surface area contributed by atoms with E-state index in [9.17, 15) is 18.0 Å². The largest absolute Gasteiger partial charge is 0.451 e. The minimum absolute atomic E-state index is 0.0120. The van der Waals surface area contributed by atoms with Gasteiger partial charge in [0, 0.05) is 25.0 Å². The normalized spacial score (nSPS) is 19.2. The van der Waals surface area contributed by atoms with Gasteiger partial charge in [-0.25, -0.2) is 0 Å². The first-order chi connectivity index (χ1) is 11.2. The molecule has 2 aromatic heterocycles. The number of halogens is 3. The van der Waals surface area contributed by atoms with Crippen molar-refractivity contribution in [1.82, 2.24) is 29.4 Å². The van der Waals surface area contributed by atoms with Gasteiger partial charge in [0.15, 0.2) is 5.82 Å². The second-order valence-electron chi connectivity index (χ2n) is 5.83. The van der Waals surface area contributed by atoms with Gasteiger partial charge in [-0.15, -0.1) is 10.2 Å². The highest BCUT2D eigenvalue weighted by Crippen LogP contribution is 2.33. The summed E-state index contributed by atoms with van der Waals surface area (Å²) in [6.45, 7) is 5.38. The zero-order valence-electron chi connectivity index (χ0n) is 13.4. The number of hydrogen-bond acceptors (Lipinski definition) is 4. The van der Waals surface area contributed by atoms with Gasteiger partial charge in [-0.05, 0) is 26.8 Å². The molecule has 1 amide bonds. The fourth-order valence-corrected chi connectivity index (χ4v) is 3.03. The van der Waals surface area contributed by atoms with Gasteiger partial charge in [0.25, 0.3) is 0 Å². The zero-order chi connectivity index (χ0) is 17.6. The first-order valence-corrected chi connectivity index (χ1v) is 7.52. The third-order valence-corrected chi connectivity index (χ3v) is 4.31. The second-order valence-corrected chi connectivity index (χ2v) is 5.83. The number of aromatic nitrogens is 5. The van der Waals surface area contributed by atoms with Crippen molar-refractivity contribution in [3.63, 3.8) is 0 Å². The molecule has 0 bridgehead atoms. The predicted molar refractivity (Wildman–Crippen MR) is 76.8 cm³/mol. The van der Waals surface area contributed by atoms with Gasteiger partial charge in [0.1, 0.15) is 6.04 Å². The van der Waals surface area contributed by atoms with Crippen LogP contribution in [0, 0.1) is 6.92 Å². The lowest BCUT2D eigenvalue weighted by molar-refractivity contribution is -0.148. The molecule has 3 heterocycles. The van der Waals surface area contributed by atoms with Crippen LogP contribution in [0.25, 0.3) is 0 Å². The maximum Gasteiger partial charge on any atom is 0.451 e. The summed E-state index contributed by atoms with van der Waals surface area (Å²) in [7, 11) is 0. The third-order valence-electron chi connectivity index (χ3n) is 4.31. The van der Waals surface area contributed by atoms with Crippen molar-refractivity contribution < 1.29 is 18.0 Å². The van der Waals surface area contributed by atoms with E-state index in [4.69, 9.17) is 0 Å². The van der Waals surface area contributed by atoms with E-state index in [1.807, 2.05) is 6.92 Å². The number of carbonyl (C=O) groups is 1. The first-order valence-electron chi connectivity index (χ1n) is 7.52. The van der Waals surface area contributed by atoms with Crippen molar-refractivity contribution >= 4 is 5.91 Å². The van der Waals surface area contributed by atoms with Crippen molar-refractivity contribution in [2.75, 3.05) is 6.54 Å². The second kappa shape index (κ2) is 5.60. The van der Waals surface area contributed by atoms with Crippen LogP contribution in [0.2, 0.25) is 0 Å². The zero-order valence-corrected chi connectivity index (χ0v) is 13.4. The maximum absolute atomic E-state index is 12.9. The van der Waals surface area contributed by atoms with Crippen LogP contribution in [0.1, 0.15) is 43.3 Å². The van der Waals surface area contributed by atoms with Crippen LogP contribution >= 0.6 is 0 Å². The van der Waals surface area contributed by atoms with Gasteiger partial charge >= 0.3 is 6.18 Å². The van der Waals surface area contributed by atoms with Crippen LogP contribution in [-0.4, -0.2) is 41.9 Å². The summed E-state index contributed by atoms with van der Waals surface area (Å²) in [5.41, 5.74) is 0.836. The van der Waals surface area contributed by atoms with Gasteiger partial charge < -0.3 is 9.47 Å². The molecule has 2 atom stereocenters. The Morgan fingerprint density at radius 2 is 2.04 bits per heavy atom. The molecule has 10 heteroatoms. The Bertz CT molecular complexity index is 765. The van der Waals surface area contributed by atoms with Crippen molar-refractivity contribution in [3.05, 3.63) is 29.6 Å². The molecule has 1 aliphatic rings. The molecule has 24 heavy (non-hydrogen) atoms. The molecule has 0 saturated carbocycles. The van der Waals surface area contributed by atoms with Gasteiger partial charge in [0.05, 0.1) is 6.04 Å². The Labute approximate surface area is 136 Å². The van der Waals surface area contributed by atoms with E-state index in [-0.39, 0.29) is 24.8 Å². The van der Waals surface area contributed by atoms with Gasteiger partial charge in [-0.1, -0.05) is 0 Å². The number of hydrogen-bond donors (Lipinski definition) is 0. The van der Waals surface area contributed by atoms with Crippen LogP contribution in [0.3, 0.4) is 0 Å². The molecular formula is C14H17F3N6O. The van der Waals surface area contributed by atoms with E-state index in [2.05, 4.69) is 15.3 Å². The fourth-order valence-electron chi connectivity index (χ4n) is 3.03. The van der Waals surface area contributed by atoms with Gasteiger partial charge in [-0.3, -0.25) is 9.48 Å². The molecule has 0 radical (unpaired) electrons. The molecule has 0 spiro atoms. The lowest BCUT2D eigenvalue weighted by Crippen LogP contribution is -2.44. The Morgan fingerprint density at radius 3 is 2.62 bits per heavy atom. The van der Waals surface area contributed by atoms with Crippen LogP contribution < -0.4 is 0 Å².